The number of pyridine rings is 1. The number of para-hydroxylation sites is 1. The normalized spacial score (nSPS) is 11.6. The molecule has 0 amide bonds. The molecule has 0 aliphatic carbocycles. The summed E-state index contributed by atoms with van der Waals surface area (Å²) in [5.41, 5.74) is 7.14. The quantitative estimate of drug-likeness (QED) is 0.510. The second kappa shape index (κ2) is 4.22. The van der Waals surface area contributed by atoms with Gasteiger partial charge in [0.1, 0.15) is 5.82 Å². The number of benzene rings is 1. The summed E-state index contributed by atoms with van der Waals surface area (Å²) in [4.78, 5) is 4.79. The van der Waals surface area contributed by atoms with Crippen molar-refractivity contribution in [3.05, 3.63) is 65.6 Å². The van der Waals surface area contributed by atoms with Gasteiger partial charge < -0.3 is 0 Å². The number of hydrogen-bond donors (Lipinski definition) is 0. The molecular weight excluding hydrogens is 258 g/mol. The van der Waals surface area contributed by atoms with Gasteiger partial charge in [-0.25, -0.2) is 4.98 Å². The van der Waals surface area contributed by atoms with Crippen molar-refractivity contribution in [3.8, 4) is 5.69 Å². The molecule has 4 aromatic rings. The summed E-state index contributed by atoms with van der Waals surface area (Å²) in [5.74, 6) is 1.02. The fourth-order valence-corrected chi connectivity index (χ4v) is 3.19. The second-order valence-corrected chi connectivity index (χ2v) is 5.58. The van der Waals surface area contributed by atoms with Crippen LogP contribution < -0.4 is 0 Å². The fraction of sp³-hybridized carbons (Fsp3) is 0.167. The predicted octanol–water partition coefficient (Wildman–Crippen LogP) is 4.20. The van der Waals surface area contributed by atoms with E-state index in [0.717, 1.165) is 17.0 Å². The highest BCUT2D eigenvalue weighted by atomic mass is 15.1. The Balaban J connectivity index is 2.16. The van der Waals surface area contributed by atoms with Crippen LogP contribution in [0.2, 0.25) is 0 Å². The maximum Gasteiger partial charge on any atom is 0.163 e. The van der Waals surface area contributed by atoms with E-state index in [0.29, 0.717) is 0 Å². The largest absolute Gasteiger partial charge is 0.300 e. The van der Waals surface area contributed by atoms with Crippen molar-refractivity contribution in [2.75, 3.05) is 0 Å². The van der Waals surface area contributed by atoms with Gasteiger partial charge in [0, 0.05) is 11.7 Å². The summed E-state index contributed by atoms with van der Waals surface area (Å²) >= 11 is 0. The Hall–Kier alpha value is -2.55. The Labute approximate surface area is 123 Å². The molecule has 0 spiro atoms. The van der Waals surface area contributed by atoms with Crippen LogP contribution in [0.25, 0.3) is 22.4 Å². The Morgan fingerprint density at radius 1 is 0.905 bits per heavy atom. The number of aryl methyl sites for hydroxylation is 3. The molecule has 0 N–H and O–H groups in total. The second-order valence-electron chi connectivity index (χ2n) is 5.58. The molecule has 0 saturated carbocycles. The average molecular weight is 275 g/mol. The molecule has 0 fully saturated rings. The third-order valence-electron chi connectivity index (χ3n) is 4.13. The topological polar surface area (TPSA) is 22.2 Å². The van der Waals surface area contributed by atoms with Crippen LogP contribution in [0.3, 0.4) is 0 Å². The lowest BCUT2D eigenvalue weighted by Gasteiger charge is -2.12. The first-order valence-corrected chi connectivity index (χ1v) is 7.18. The molecule has 21 heavy (non-hydrogen) atoms. The Morgan fingerprint density at radius 3 is 2.43 bits per heavy atom. The summed E-state index contributed by atoms with van der Waals surface area (Å²) in [7, 11) is 0. The summed E-state index contributed by atoms with van der Waals surface area (Å²) < 4.78 is 4.42. The Morgan fingerprint density at radius 2 is 1.67 bits per heavy atom. The third-order valence-corrected chi connectivity index (χ3v) is 4.13. The van der Waals surface area contributed by atoms with E-state index in [1.165, 1.54) is 22.3 Å². The molecule has 3 heteroatoms. The van der Waals surface area contributed by atoms with Crippen LogP contribution in [0.5, 0.6) is 0 Å². The zero-order valence-electron chi connectivity index (χ0n) is 12.5. The smallest absolute Gasteiger partial charge is 0.163 e. The van der Waals surface area contributed by atoms with Gasteiger partial charge in [-0.15, -0.1) is 0 Å². The SMILES string of the molecule is Cc1cccc(C)c1-n1c(C)nc2c1cc1ccccn12. The Bertz CT molecular complexity index is 953. The minimum Gasteiger partial charge on any atom is -0.300 e. The molecule has 0 radical (unpaired) electrons. The van der Waals surface area contributed by atoms with E-state index in [-0.39, 0.29) is 0 Å². The van der Waals surface area contributed by atoms with E-state index in [9.17, 15) is 0 Å². The zero-order valence-corrected chi connectivity index (χ0v) is 12.5. The molecule has 3 heterocycles. The molecule has 1 aromatic carbocycles. The number of fused-ring (bicyclic) bond motifs is 3. The lowest BCUT2D eigenvalue weighted by atomic mass is 10.1. The van der Waals surface area contributed by atoms with E-state index in [1.54, 1.807) is 0 Å². The molecule has 4 rings (SSSR count). The lowest BCUT2D eigenvalue weighted by Crippen LogP contribution is -2.01. The van der Waals surface area contributed by atoms with Crippen molar-refractivity contribution in [2.24, 2.45) is 0 Å². The van der Waals surface area contributed by atoms with Gasteiger partial charge in [-0.3, -0.25) is 8.97 Å². The molecule has 104 valence electrons. The minimum atomic E-state index is 1.02. The highest BCUT2D eigenvalue weighted by Gasteiger charge is 2.16. The van der Waals surface area contributed by atoms with E-state index in [1.807, 2.05) is 6.07 Å². The average Bonchev–Trinajstić information content (AvgIpc) is 2.95. The van der Waals surface area contributed by atoms with Crippen molar-refractivity contribution in [1.29, 1.82) is 0 Å². The van der Waals surface area contributed by atoms with Crippen molar-refractivity contribution in [2.45, 2.75) is 20.8 Å². The highest BCUT2D eigenvalue weighted by molar-refractivity contribution is 5.84. The van der Waals surface area contributed by atoms with Crippen LogP contribution >= 0.6 is 0 Å². The highest BCUT2D eigenvalue weighted by Crippen LogP contribution is 2.28. The number of rotatable bonds is 1. The van der Waals surface area contributed by atoms with Crippen LogP contribution in [-0.2, 0) is 0 Å². The molecular formula is C18H17N3. The lowest BCUT2D eigenvalue weighted by molar-refractivity contribution is 0.975. The molecule has 0 bridgehead atoms. The summed E-state index contributed by atoms with van der Waals surface area (Å²) in [5, 5.41) is 0. The van der Waals surface area contributed by atoms with Gasteiger partial charge in [-0.1, -0.05) is 24.3 Å². The number of aromatic nitrogens is 3. The van der Waals surface area contributed by atoms with Crippen molar-refractivity contribution in [1.82, 2.24) is 14.0 Å². The van der Waals surface area contributed by atoms with Gasteiger partial charge in [-0.05, 0) is 50.1 Å². The van der Waals surface area contributed by atoms with Gasteiger partial charge in [-0.2, -0.15) is 0 Å². The molecule has 0 saturated heterocycles. The van der Waals surface area contributed by atoms with Crippen molar-refractivity contribution < 1.29 is 0 Å². The first kappa shape index (κ1) is 12.2. The zero-order chi connectivity index (χ0) is 14.6. The van der Waals surface area contributed by atoms with E-state index >= 15 is 0 Å². The molecule has 0 atom stereocenters. The summed E-state index contributed by atoms with van der Waals surface area (Å²) in [6, 6.07) is 14.8. The van der Waals surface area contributed by atoms with Gasteiger partial charge in [0.15, 0.2) is 5.65 Å². The van der Waals surface area contributed by atoms with Gasteiger partial charge in [0.25, 0.3) is 0 Å². The summed E-state index contributed by atoms with van der Waals surface area (Å²) in [6.45, 7) is 6.38. The van der Waals surface area contributed by atoms with Crippen molar-refractivity contribution >= 4 is 16.7 Å². The fourth-order valence-electron chi connectivity index (χ4n) is 3.19. The van der Waals surface area contributed by atoms with E-state index < -0.39 is 0 Å². The van der Waals surface area contributed by atoms with Gasteiger partial charge in [0.2, 0.25) is 0 Å². The monoisotopic (exact) mass is 275 g/mol. The predicted molar refractivity (Wildman–Crippen MR) is 86.2 cm³/mol. The number of nitrogens with zero attached hydrogens (tertiary/aromatic N) is 3. The maximum atomic E-state index is 4.79. The van der Waals surface area contributed by atoms with Crippen LogP contribution in [0, 0.1) is 20.8 Å². The molecule has 0 aliphatic rings. The summed E-state index contributed by atoms with van der Waals surface area (Å²) in [6.07, 6.45) is 2.07. The van der Waals surface area contributed by atoms with Crippen LogP contribution in [-0.4, -0.2) is 14.0 Å². The number of imidazole rings is 1. The molecule has 0 unspecified atom stereocenters. The molecule has 3 aromatic heterocycles. The standard InChI is InChI=1S/C18H17N3/c1-12-7-6-8-13(2)17(12)21-14(3)19-18-16(21)11-15-9-4-5-10-20(15)18/h4-11H,1-3H3. The number of hydrogen-bond acceptors (Lipinski definition) is 1. The first-order valence-electron chi connectivity index (χ1n) is 7.18. The molecule has 3 nitrogen and oxygen atoms in total. The van der Waals surface area contributed by atoms with Crippen LogP contribution in [0.15, 0.2) is 48.7 Å². The minimum absolute atomic E-state index is 1.02. The molecule has 0 aliphatic heterocycles. The Kier molecular flexibility index (Phi) is 2.45. The van der Waals surface area contributed by atoms with Crippen LogP contribution in [0.4, 0.5) is 0 Å². The first-order chi connectivity index (χ1) is 10.2. The van der Waals surface area contributed by atoms with E-state index in [2.05, 4.69) is 72.3 Å². The van der Waals surface area contributed by atoms with E-state index in [4.69, 9.17) is 4.98 Å². The van der Waals surface area contributed by atoms with Crippen LogP contribution in [0.1, 0.15) is 17.0 Å². The van der Waals surface area contributed by atoms with Gasteiger partial charge >= 0.3 is 0 Å². The third kappa shape index (κ3) is 1.64. The van der Waals surface area contributed by atoms with Crippen molar-refractivity contribution in [3.63, 3.8) is 0 Å². The maximum absolute atomic E-state index is 4.79. The van der Waals surface area contributed by atoms with Gasteiger partial charge in [0.05, 0.1) is 11.2 Å².